The number of anilines is 2. The molecule has 3 aromatic carbocycles. The molecule has 0 atom stereocenters. The number of unbranched alkanes of at least 4 members (excludes halogenated alkanes) is 3. The number of para-hydroxylation sites is 1. The third-order valence-corrected chi connectivity index (χ3v) is 7.47. The molecule has 6 heteroatoms. The van der Waals surface area contributed by atoms with E-state index in [1.807, 2.05) is 59.9 Å². The molecule has 0 aromatic heterocycles. The number of hydrogen-bond donors (Lipinski definition) is 1. The molecule has 0 aliphatic rings. The Morgan fingerprint density at radius 2 is 1.28 bits per heavy atom. The summed E-state index contributed by atoms with van der Waals surface area (Å²) in [5.41, 5.74) is 6.85. The number of rotatable bonds is 13. The SMILES string of the molecule is C=C(C)CCCC.C=Cc1cccc(C(F)(F)F)c1.CC.CC.CCCCC.CCCN(CCC)c1ccccc1C.CNc1cc(C(C)=O)ccc1C. The van der Waals surface area contributed by atoms with Gasteiger partial charge in [-0.2, -0.15) is 13.2 Å². The van der Waals surface area contributed by atoms with Crippen LogP contribution in [0.5, 0.6) is 0 Å². The zero-order chi connectivity index (χ0) is 42.5. The number of nitrogens with zero attached hydrogens (tertiary/aromatic N) is 1. The molecule has 1 N–H and O–H groups in total. The summed E-state index contributed by atoms with van der Waals surface area (Å²) in [6, 6.07) is 19.3. The van der Waals surface area contributed by atoms with Gasteiger partial charge in [0, 0.05) is 37.1 Å². The summed E-state index contributed by atoms with van der Waals surface area (Å²) in [6.45, 7) is 36.5. The summed E-state index contributed by atoms with van der Waals surface area (Å²) < 4.78 is 36.2. The van der Waals surface area contributed by atoms with Crippen LogP contribution in [0.3, 0.4) is 0 Å². The molecular formula is C48H79F3N2O. The molecule has 0 fully saturated rings. The highest BCUT2D eigenvalue weighted by Crippen LogP contribution is 2.29. The number of halogens is 3. The van der Waals surface area contributed by atoms with E-state index < -0.39 is 11.7 Å². The summed E-state index contributed by atoms with van der Waals surface area (Å²) >= 11 is 0. The monoisotopic (exact) mass is 757 g/mol. The third-order valence-electron chi connectivity index (χ3n) is 7.47. The number of aryl methyl sites for hydroxylation is 2. The van der Waals surface area contributed by atoms with E-state index >= 15 is 0 Å². The van der Waals surface area contributed by atoms with Crippen LogP contribution in [0, 0.1) is 13.8 Å². The van der Waals surface area contributed by atoms with Crippen molar-refractivity contribution in [2.24, 2.45) is 0 Å². The number of nitrogens with one attached hydrogen (secondary N) is 1. The van der Waals surface area contributed by atoms with Crippen molar-refractivity contribution in [1.29, 1.82) is 0 Å². The van der Waals surface area contributed by atoms with Crippen LogP contribution in [0.25, 0.3) is 6.08 Å². The molecule has 0 amide bonds. The Bertz CT molecular complexity index is 1340. The average Bonchev–Trinajstić information content (AvgIpc) is 3.17. The van der Waals surface area contributed by atoms with Gasteiger partial charge in [0.2, 0.25) is 0 Å². The number of hydrogen-bond acceptors (Lipinski definition) is 3. The highest BCUT2D eigenvalue weighted by Gasteiger charge is 2.30. The fourth-order valence-corrected chi connectivity index (χ4v) is 4.60. The van der Waals surface area contributed by atoms with E-state index in [0.29, 0.717) is 5.56 Å². The van der Waals surface area contributed by atoms with E-state index in [4.69, 9.17) is 0 Å². The highest BCUT2D eigenvalue weighted by molar-refractivity contribution is 5.95. The lowest BCUT2D eigenvalue weighted by Crippen LogP contribution is -2.25. The zero-order valence-corrected chi connectivity index (χ0v) is 36.9. The summed E-state index contributed by atoms with van der Waals surface area (Å²) in [5, 5.41) is 3.04. The van der Waals surface area contributed by atoms with E-state index in [1.165, 1.54) is 93.4 Å². The van der Waals surface area contributed by atoms with Crippen molar-refractivity contribution in [3.05, 3.63) is 113 Å². The first-order valence-corrected chi connectivity index (χ1v) is 20.2. The summed E-state index contributed by atoms with van der Waals surface area (Å²) in [7, 11) is 1.85. The molecule has 0 heterocycles. The van der Waals surface area contributed by atoms with Gasteiger partial charge in [0.1, 0.15) is 0 Å². The van der Waals surface area contributed by atoms with Gasteiger partial charge in [-0.3, -0.25) is 4.79 Å². The Labute approximate surface area is 331 Å². The topological polar surface area (TPSA) is 32.3 Å². The van der Waals surface area contributed by atoms with Crippen LogP contribution in [-0.4, -0.2) is 25.9 Å². The number of carbonyl (C=O) groups is 1. The second-order valence-corrected chi connectivity index (χ2v) is 12.4. The van der Waals surface area contributed by atoms with Gasteiger partial charge in [0.05, 0.1) is 5.56 Å². The van der Waals surface area contributed by atoms with E-state index in [-0.39, 0.29) is 5.78 Å². The van der Waals surface area contributed by atoms with Gasteiger partial charge in [0.25, 0.3) is 0 Å². The summed E-state index contributed by atoms with van der Waals surface area (Å²) in [6.07, 6.45) is 7.42. The normalized spacial score (nSPS) is 9.43. The lowest BCUT2D eigenvalue weighted by molar-refractivity contribution is -0.137. The van der Waals surface area contributed by atoms with Crippen molar-refractivity contribution in [2.75, 3.05) is 30.4 Å². The number of allylic oxidation sites excluding steroid dienone is 1. The molecule has 3 aromatic rings. The van der Waals surface area contributed by atoms with Crippen molar-refractivity contribution in [3.8, 4) is 0 Å². The number of benzene rings is 3. The second-order valence-electron chi connectivity index (χ2n) is 12.4. The molecule has 0 aliphatic carbocycles. The maximum absolute atomic E-state index is 12.1. The minimum absolute atomic E-state index is 0.103. The fraction of sp³-hybridized carbons (Fsp3) is 0.521. The Morgan fingerprint density at radius 3 is 1.65 bits per heavy atom. The molecular weight excluding hydrogens is 678 g/mol. The lowest BCUT2D eigenvalue weighted by atomic mass is 10.1. The number of alkyl halides is 3. The van der Waals surface area contributed by atoms with Gasteiger partial charge in [-0.25, -0.2) is 0 Å². The van der Waals surface area contributed by atoms with Gasteiger partial charge < -0.3 is 10.2 Å². The van der Waals surface area contributed by atoms with E-state index in [2.05, 4.69) is 96.1 Å². The quantitative estimate of drug-likeness (QED) is 0.139. The summed E-state index contributed by atoms with van der Waals surface area (Å²) in [4.78, 5) is 13.5. The van der Waals surface area contributed by atoms with Crippen LogP contribution in [0.1, 0.15) is 160 Å². The fourth-order valence-electron chi connectivity index (χ4n) is 4.60. The molecule has 0 saturated carbocycles. The van der Waals surface area contributed by atoms with Gasteiger partial charge in [-0.1, -0.05) is 149 Å². The number of ketones is 1. The van der Waals surface area contributed by atoms with Gasteiger partial charge >= 0.3 is 6.18 Å². The molecule has 0 spiro atoms. The van der Waals surface area contributed by atoms with Crippen molar-refractivity contribution >= 4 is 23.2 Å². The predicted molar refractivity (Wildman–Crippen MR) is 238 cm³/mol. The first-order chi connectivity index (χ1) is 25.7. The maximum atomic E-state index is 12.1. The largest absolute Gasteiger partial charge is 0.416 e. The van der Waals surface area contributed by atoms with E-state index in [0.717, 1.165) is 28.9 Å². The molecule has 3 rings (SSSR count). The van der Waals surface area contributed by atoms with E-state index in [1.54, 1.807) is 13.0 Å². The van der Waals surface area contributed by atoms with Crippen LogP contribution in [-0.2, 0) is 6.18 Å². The minimum Gasteiger partial charge on any atom is -0.388 e. The number of Topliss-reactive ketones (excluding diaryl/α,β-unsaturated/α-hetero) is 1. The van der Waals surface area contributed by atoms with Crippen LogP contribution < -0.4 is 10.2 Å². The van der Waals surface area contributed by atoms with E-state index in [9.17, 15) is 18.0 Å². The second kappa shape index (κ2) is 37.5. The van der Waals surface area contributed by atoms with Gasteiger partial charge in [-0.05, 0) is 94.3 Å². The highest BCUT2D eigenvalue weighted by atomic mass is 19.4. The van der Waals surface area contributed by atoms with Gasteiger partial charge in [-0.15, -0.1) is 6.58 Å². The lowest BCUT2D eigenvalue weighted by Gasteiger charge is -2.25. The smallest absolute Gasteiger partial charge is 0.388 e. The van der Waals surface area contributed by atoms with Crippen molar-refractivity contribution in [3.63, 3.8) is 0 Å². The molecule has 0 radical (unpaired) electrons. The Balaban J connectivity index is -0.000000292. The zero-order valence-electron chi connectivity index (χ0n) is 36.9. The van der Waals surface area contributed by atoms with Gasteiger partial charge in [0.15, 0.2) is 5.78 Å². The summed E-state index contributed by atoms with van der Waals surface area (Å²) in [5.74, 6) is 0.103. The first kappa shape index (κ1) is 56.9. The van der Waals surface area contributed by atoms with Crippen molar-refractivity contribution < 1.29 is 18.0 Å². The molecule has 0 aliphatic heterocycles. The van der Waals surface area contributed by atoms with Crippen molar-refractivity contribution in [1.82, 2.24) is 0 Å². The average molecular weight is 757 g/mol. The Hall–Kier alpha value is -3.80. The Morgan fingerprint density at radius 1 is 0.741 bits per heavy atom. The van der Waals surface area contributed by atoms with Crippen LogP contribution in [0.4, 0.5) is 24.5 Å². The maximum Gasteiger partial charge on any atom is 0.416 e. The van der Waals surface area contributed by atoms with Crippen LogP contribution in [0.15, 0.2) is 85.5 Å². The molecule has 0 saturated heterocycles. The standard InChI is InChI=1S/C13H21N.C10H13NO.C9H7F3.C7H14.C5H12.2C2H6/c1-4-10-14(11-5-2)13-9-7-6-8-12(13)3;1-7-4-5-9(8(2)12)6-10(7)11-3;1-2-7-4-3-5-8(6-7)9(10,11)12;1-4-5-6-7(2)3;1-3-5-4-2;2*1-2/h6-9H,4-5,10-11H2,1-3H3;4-6,11H,1-3H3;2-6H,1H2;2,4-6H2,1,3H3;3-5H2,1-2H3;2*1-2H3. The molecule has 0 bridgehead atoms. The van der Waals surface area contributed by atoms with Crippen LogP contribution >= 0.6 is 0 Å². The number of carbonyl (C=O) groups excluding carboxylic acids is 1. The molecule has 3 nitrogen and oxygen atoms in total. The van der Waals surface area contributed by atoms with Crippen molar-refractivity contribution in [2.45, 2.75) is 148 Å². The minimum atomic E-state index is -4.26. The Kier molecular flexibility index (Phi) is 39.5. The molecule has 0 unspecified atom stereocenters. The molecule has 308 valence electrons. The third kappa shape index (κ3) is 29.6. The molecule has 54 heavy (non-hydrogen) atoms. The predicted octanol–water partition coefficient (Wildman–Crippen LogP) is 16.2. The van der Waals surface area contributed by atoms with Crippen LogP contribution in [0.2, 0.25) is 0 Å². The first-order valence-electron chi connectivity index (χ1n) is 20.2.